The van der Waals surface area contributed by atoms with Crippen molar-refractivity contribution in [3.63, 3.8) is 0 Å². The van der Waals surface area contributed by atoms with Gasteiger partial charge in [-0.15, -0.1) is 10.2 Å². The second-order valence-electron chi connectivity index (χ2n) is 5.86. The molecule has 0 radical (unpaired) electrons. The predicted molar refractivity (Wildman–Crippen MR) is 98.4 cm³/mol. The molecule has 0 bridgehead atoms. The van der Waals surface area contributed by atoms with E-state index in [4.69, 9.17) is 9.90 Å². The molecule has 11 heteroatoms. The summed E-state index contributed by atoms with van der Waals surface area (Å²) >= 11 is 1.43. The van der Waals surface area contributed by atoms with Gasteiger partial charge in [0, 0.05) is 44.2 Å². The number of hydrogen-bond donors (Lipinski definition) is 3. The number of H-pyrrole nitrogens is 1. The van der Waals surface area contributed by atoms with Gasteiger partial charge in [0.15, 0.2) is 0 Å². The fourth-order valence-electron chi connectivity index (χ4n) is 2.62. The van der Waals surface area contributed by atoms with Crippen molar-refractivity contribution < 1.29 is 19.5 Å². The Labute approximate surface area is 160 Å². The van der Waals surface area contributed by atoms with E-state index < -0.39 is 0 Å². The van der Waals surface area contributed by atoms with Crippen LogP contribution in [0.3, 0.4) is 0 Å². The number of nitrogens with one attached hydrogen (secondary N) is 2. The van der Waals surface area contributed by atoms with Crippen LogP contribution in [0.5, 0.6) is 0 Å². The van der Waals surface area contributed by atoms with Crippen LogP contribution in [0.1, 0.15) is 30.5 Å². The molecule has 0 aliphatic carbocycles. The molecule has 1 aliphatic heterocycles. The minimum atomic E-state index is -0.335. The van der Waals surface area contributed by atoms with E-state index in [1.54, 1.807) is 17.4 Å². The smallest absolute Gasteiger partial charge is 0.290 e. The number of aromatic amines is 1. The van der Waals surface area contributed by atoms with Crippen molar-refractivity contribution in [3.05, 3.63) is 23.2 Å². The number of hydrogen-bond acceptors (Lipinski definition) is 7. The summed E-state index contributed by atoms with van der Waals surface area (Å²) in [5.41, 5.74) is 0.969. The van der Waals surface area contributed by atoms with E-state index >= 15 is 0 Å². The first-order valence-electron chi connectivity index (χ1n) is 8.54. The van der Waals surface area contributed by atoms with Gasteiger partial charge in [-0.2, -0.15) is 0 Å². The first-order valence-corrected chi connectivity index (χ1v) is 9.36. The van der Waals surface area contributed by atoms with Crippen LogP contribution in [0.2, 0.25) is 0 Å². The summed E-state index contributed by atoms with van der Waals surface area (Å²) in [5, 5.41) is 19.5. The molecule has 0 aromatic carbocycles. The van der Waals surface area contributed by atoms with Crippen LogP contribution >= 0.6 is 11.3 Å². The molecule has 10 nitrogen and oxygen atoms in total. The van der Waals surface area contributed by atoms with E-state index in [0.717, 1.165) is 23.5 Å². The lowest BCUT2D eigenvalue weighted by Gasteiger charge is -2.12. The second kappa shape index (κ2) is 10.4. The van der Waals surface area contributed by atoms with Gasteiger partial charge < -0.3 is 15.4 Å². The highest BCUT2D eigenvalue weighted by molar-refractivity contribution is 7.15. The largest absolute Gasteiger partial charge is 0.483 e. The van der Waals surface area contributed by atoms with Crippen LogP contribution in [0.4, 0.5) is 5.13 Å². The van der Waals surface area contributed by atoms with Crippen molar-refractivity contribution in [2.45, 2.75) is 32.6 Å². The zero-order valence-corrected chi connectivity index (χ0v) is 15.7. The Kier molecular flexibility index (Phi) is 7.86. The fraction of sp³-hybridized carbons (Fsp3) is 0.500. The number of carbonyl (C=O) groups excluding carboxylic acids is 2. The quantitative estimate of drug-likeness (QED) is 0.585. The van der Waals surface area contributed by atoms with E-state index in [9.17, 15) is 9.59 Å². The molecule has 1 saturated heterocycles. The molecule has 1 aliphatic rings. The molecule has 1 atom stereocenters. The van der Waals surface area contributed by atoms with Crippen LogP contribution in [0.25, 0.3) is 0 Å². The van der Waals surface area contributed by atoms with Gasteiger partial charge in [0.05, 0.1) is 12.2 Å². The summed E-state index contributed by atoms with van der Waals surface area (Å²) in [4.78, 5) is 41.3. The third-order valence-electron chi connectivity index (χ3n) is 3.90. The first-order chi connectivity index (χ1) is 13.1. The van der Waals surface area contributed by atoms with E-state index in [1.165, 1.54) is 11.3 Å². The maximum atomic E-state index is 12.3. The van der Waals surface area contributed by atoms with Crippen molar-refractivity contribution in [1.82, 2.24) is 25.5 Å². The van der Waals surface area contributed by atoms with Gasteiger partial charge in [-0.05, 0) is 6.42 Å². The third-order valence-corrected chi connectivity index (χ3v) is 4.90. The summed E-state index contributed by atoms with van der Waals surface area (Å²) < 4.78 is 0. The SMILES string of the molecule is CCCc1nnc(N2CC(C(=O)NCCc3cnc[nH]3)CC2=O)s1.O=CO. The number of carboxylic acid groups (broad SMARTS) is 1. The normalized spacial score (nSPS) is 16.0. The minimum absolute atomic E-state index is 0.0667. The molecular weight excluding hydrogens is 372 g/mol. The maximum Gasteiger partial charge on any atom is 0.290 e. The number of aryl methyl sites for hydroxylation is 1. The Morgan fingerprint density at radius 1 is 1.48 bits per heavy atom. The Balaban J connectivity index is 0.000000817. The van der Waals surface area contributed by atoms with Gasteiger partial charge in [-0.25, -0.2) is 4.98 Å². The molecule has 0 saturated carbocycles. The van der Waals surface area contributed by atoms with Crippen LogP contribution in [-0.2, 0) is 27.2 Å². The van der Waals surface area contributed by atoms with Crippen LogP contribution in [0, 0.1) is 5.92 Å². The second-order valence-corrected chi connectivity index (χ2v) is 6.90. The van der Waals surface area contributed by atoms with Crippen molar-refractivity contribution in [1.29, 1.82) is 0 Å². The molecule has 1 unspecified atom stereocenters. The molecule has 2 aromatic heterocycles. The van der Waals surface area contributed by atoms with E-state index in [1.807, 2.05) is 0 Å². The molecule has 1 fully saturated rings. The number of rotatable bonds is 7. The first kappa shape index (κ1) is 20.5. The molecule has 3 rings (SSSR count). The monoisotopic (exact) mass is 394 g/mol. The number of carbonyl (C=O) groups is 3. The molecule has 2 amide bonds. The van der Waals surface area contributed by atoms with Crippen molar-refractivity contribution in [3.8, 4) is 0 Å². The van der Waals surface area contributed by atoms with Gasteiger partial charge in [0.25, 0.3) is 6.47 Å². The standard InChI is InChI=1S/C15H20N6O2S.CH2O2/c1-2-3-12-19-20-15(24-12)21-8-10(6-13(21)22)14(23)17-5-4-11-7-16-9-18-11;2-1-3/h7,9-10H,2-6,8H2,1H3,(H,16,18)(H,17,23);1H,(H,2,3). The minimum Gasteiger partial charge on any atom is -0.483 e. The highest BCUT2D eigenvalue weighted by Gasteiger charge is 2.36. The molecule has 146 valence electrons. The molecule has 27 heavy (non-hydrogen) atoms. The summed E-state index contributed by atoms with van der Waals surface area (Å²) in [6, 6.07) is 0. The lowest BCUT2D eigenvalue weighted by atomic mass is 10.1. The van der Waals surface area contributed by atoms with Gasteiger partial charge >= 0.3 is 0 Å². The highest BCUT2D eigenvalue weighted by Crippen LogP contribution is 2.28. The summed E-state index contributed by atoms with van der Waals surface area (Å²) in [5.74, 6) is -0.496. The molecule has 3 N–H and O–H groups in total. The fourth-order valence-corrected chi connectivity index (χ4v) is 3.59. The van der Waals surface area contributed by atoms with Gasteiger partial charge in [-0.1, -0.05) is 18.3 Å². The average Bonchev–Trinajstić information content (AvgIpc) is 3.37. The van der Waals surface area contributed by atoms with E-state index in [-0.39, 0.29) is 30.6 Å². The zero-order valence-electron chi connectivity index (χ0n) is 14.9. The average molecular weight is 394 g/mol. The maximum absolute atomic E-state index is 12.3. The third kappa shape index (κ3) is 5.84. The number of aromatic nitrogens is 4. The number of amides is 2. The van der Waals surface area contributed by atoms with E-state index in [0.29, 0.717) is 24.6 Å². The van der Waals surface area contributed by atoms with Crippen molar-refractivity contribution >= 4 is 34.8 Å². The Morgan fingerprint density at radius 2 is 2.26 bits per heavy atom. The van der Waals surface area contributed by atoms with Gasteiger partial charge in [0.1, 0.15) is 5.01 Å². The zero-order chi connectivity index (χ0) is 19.6. The number of imidazole rings is 1. The van der Waals surface area contributed by atoms with E-state index in [2.05, 4.69) is 32.4 Å². The molecule has 3 heterocycles. The van der Waals surface area contributed by atoms with Crippen molar-refractivity contribution in [2.75, 3.05) is 18.0 Å². The summed E-state index contributed by atoms with van der Waals surface area (Å²) in [6.07, 6.45) is 6.10. The van der Waals surface area contributed by atoms with Crippen molar-refractivity contribution in [2.24, 2.45) is 5.92 Å². The highest BCUT2D eigenvalue weighted by atomic mass is 32.1. The molecular formula is C16H22N6O4S. The lowest BCUT2D eigenvalue weighted by Crippen LogP contribution is -2.34. The van der Waals surface area contributed by atoms with Gasteiger partial charge in [0.2, 0.25) is 16.9 Å². The molecule has 0 spiro atoms. The number of nitrogens with zero attached hydrogens (tertiary/aromatic N) is 4. The number of anilines is 1. The summed E-state index contributed by atoms with van der Waals surface area (Å²) in [6.45, 7) is 2.71. The Hall–Kier alpha value is -2.82. The van der Waals surface area contributed by atoms with Crippen LogP contribution in [0.15, 0.2) is 12.5 Å². The lowest BCUT2D eigenvalue weighted by molar-refractivity contribution is -0.126. The molecule has 2 aromatic rings. The Bertz CT molecular complexity index is 748. The topological polar surface area (TPSA) is 141 Å². The predicted octanol–water partition coefficient (Wildman–Crippen LogP) is 0.626. The van der Waals surface area contributed by atoms with Crippen LogP contribution < -0.4 is 10.2 Å². The summed E-state index contributed by atoms with van der Waals surface area (Å²) in [7, 11) is 0. The Morgan fingerprint density at radius 3 is 2.93 bits per heavy atom. The van der Waals surface area contributed by atoms with Crippen LogP contribution in [-0.4, -0.2) is 56.6 Å². The van der Waals surface area contributed by atoms with Gasteiger partial charge in [-0.3, -0.25) is 19.3 Å².